The fourth-order valence-electron chi connectivity index (χ4n) is 1.93. The van der Waals surface area contributed by atoms with Crippen LogP contribution >= 0.6 is 0 Å². The highest BCUT2D eigenvalue weighted by Crippen LogP contribution is 2.31. The number of carbonyl (C=O) groups is 1. The van der Waals surface area contributed by atoms with Gasteiger partial charge in [-0.25, -0.2) is 0 Å². The second-order valence-electron chi connectivity index (χ2n) is 4.07. The van der Waals surface area contributed by atoms with Gasteiger partial charge in [-0.1, -0.05) is 25.1 Å². The summed E-state index contributed by atoms with van der Waals surface area (Å²) < 4.78 is 5.51. The topological polar surface area (TPSA) is 50.4 Å². The van der Waals surface area contributed by atoms with Crippen LogP contribution in [0.3, 0.4) is 0 Å². The van der Waals surface area contributed by atoms with Gasteiger partial charge >= 0.3 is 0 Å². The van der Waals surface area contributed by atoms with Crippen molar-refractivity contribution in [3.05, 3.63) is 29.8 Å². The van der Waals surface area contributed by atoms with Crippen molar-refractivity contribution in [3.8, 4) is 5.75 Å². The van der Waals surface area contributed by atoms with Crippen LogP contribution in [0.4, 0.5) is 0 Å². The Labute approximate surface area is 101 Å². The lowest BCUT2D eigenvalue weighted by atomic mass is 10.1. The number of carbonyl (C=O) groups excluding carboxylic acids is 1. The zero-order chi connectivity index (χ0) is 12.1. The maximum atomic E-state index is 11.7. The summed E-state index contributed by atoms with van der Waals surface area (Å²) in [6.45, 7) is 4.17. The molecule has 4 nitrogen and oxygen atoms in total. The summed E-state index contributed by atoms with van der Waals surface area (Å²) >= 11 is 0. The molecular formula is C13H18N2O2. The lowest BCUT2D eigenvalue weighted by Gasteiger charge is -2.11. The summed E-state index contributed by atoms with van der Waals surface area (Å²) in [7, 11) is 0. The van der Waals surface area contributed by atoms with E-state index in [-0.39, 0.29) is 11.9 Å². The number of nitrogens with one attached hydrogen (secondary N) is 2. The molecule has 2 rings (SSSR count). The first-order chi connectivity index (χ1) is 8.31. The molecular weight excluding hydrogens is 216 g/mol. The molecule has 1 atom stereocenters. The summed E-state index contributed by atoms with van der Waals surface area (Å²) in [5, 5.41) is 6.12. The highest BCUT2D eigenvalue weighted by atomic mass is 16.5. The highest BCUT2D eigenvalue weighted by molar-refractivity contribution is 5.77. The predicted molar refractivity (Wildman–Crippen MR) is 66.0 cm³/mol. The number of fused-ring (bicyclic) bond motifs is 1. The van der Waals surface area contributed by atoms with E-state index in [4.69, 9.17) is 4.74 Å². The molecule has 0 radical (unpaired) electrons. The van der Waals surface area contributed by atoms with Gasteiger partial charge < -0.3 is 15.4 Å². The van der Waals surface area contributed by atoms with Crippen LogP contribution in [-0.2, 0) is 4.79 Å². The maximum absolute atomic E-state index is 11.7. The third-order valence-electron chi connectivity index (χ3n) is 2.81. The number of amides is 1. The Balaban J connectivity index is 1.87. The van der Waals surface area contributed by atoms with Crippen molar-refractivity contribution < 1.29 is 9.53 Å². The van der Waals surface area contributed by atoms with Gasteiger partial charge in [0.05, 0.1) is 6.04 Å². The lowest BCUT2D eigenvalue weighted by molar-refractivity contribution is -0.121. The average molecular weight is 234 g/mol. The van der Waals surface area contributed by atoms with Gasteiger partial charge in [0.2, 0.25) is 5.91 Å². The van der Waals surface area contributed by atoms with Crippen LogP contribution in [-0.4, -0.2) is 25.6 Å². The number of para-hydroxylation sites is 1. The van der Waals surface area contributed by atoms with E-state index in [0.29, 0.717) is 13.0 Å². The summed E-state index contributed by atoms with van der Waals surface area (Å²) in [5.41, 5.74) is 1.07. The molecule has 0 saturated heterocycles. The van der Waals surface area contributed by atoms with E-state index >= 15 is 0 Å². The number of hydrogen-bond donors (Lipinski definition) is 2. The van der Waals surface area contributed by atoms with Crippen LogP contribution in [0.1, 0.15) is 24.9 Å². The van der Waals surface area contributed by atoms with Crippen molar-refractivity contribution >= 4 is 5.91 Å². The van der Waals surface area contributed by atoms with Crippen LogP contribution in [0.15, 0.2) is 24.3 Å². The number of rotatable bonds is 5. The minimum atomic E-state index is 0.000302. The number of benzene rings is 1. The second-order valence-corrected chi connectivity index (χ2v) is 4.07. The van der Waals surface area contributed by atoms with Crippen molar-refractivity contribution in [3.63, 3.8) is 0 Å². The molecule has 1 amide bonds. The van der Waals surface area contributed by atoms with E-state index in [9.17, 15) is 4.79 Å². The van der Waals surface area contributed by atoms with Gasteiger partial charge in [0, 0.05) is 18.5 Å². The molecule has 0 bridgehead atoms. The first kappa shape index (κ1) is 11.9. The Bertz CT molecular complexity index is 393. The molecule has 1 unspecified atom stereocenters. The molecule has 4 heteroatoms. The minimum absolute atomic E-state index is 0.000302. The highest BCUT2D eigenvalue weighted by Gasteiger charge is 2.24. The van der Waals surface area contributed by atoms with Gasteiger partial charge in [0.25, 0.3) is 0 Å². The maximum Gasteiger partial charge on any atom is 0.221 e. The Morgan fingerprint density at radius 1 is 1.47 bits per heavy atom. The van der Waals surface area contributed by atoms with Crippen LogP contribution in [0.25, 0.3) is 0 Å². The van der Waals surface area contributed by atoms with Crippen molar-refractivity contribution in [1.82, 2.24) is 10.6 Å². The molecule has 17 heavy (non-hydrogen) atoms. The van der Waals surface area contributed by atoms with Crippen molar-refractivity contribution in [1.29, 1.82) is 0 Å². The second kappa shape index (κ2) is 5.68. The van der Waals surface area contributed by atoms with Gasteiger partial charge in [0.15, 0.2) is 0 Å². The van der Waals surface area contributed by atoms with Crippen LogP contribution in [0.2, 0.25) is 0 Å². The monoisotopic (exact) mass is 234 g/mol. The van der Waals surface area contributed by atoms with E-state index in [1.165, 1.54) is 0 Å². The minimum Gasteiger partial charge on any atom is -0.491 e. The van der Waals surface area contributed by atoms with Crippen LogP contribution in [0.5, 0.6) is 5.75 Å². The quantitative estimate of drug-likeness (QED) is 0.754. The average Bonchev–Trinajstić information content (AvgIpc) is 2.73. The zero-order valence-corrected chi connectivity index (χ0v) is 10.0. The largest absolute Gasteiger partial charge is 0.491 e. The van der Waals surface area contributed by atoms with Crippen molar-refractivity contribution in [2.24, 2.45) is 0 Å². The predicted octanol–water partition coefficient (Wildman–Crippen LogP) is 1.24. The number of ether oxygens (including phenoxy) is 1. The van der Waals surface area contributed by atoms with E-state index < -0.39 is 0 Å². The Kier molecular flexibility index (Phi) is 3.98. The molecule has 0 fully saturated rings. The molecule has 1 aliphatic rings. The molecule has 0 spiro atoms. The Hall–Kier alpha value is -1.55. The third-order valence-corrected chi connectivity index (χ3v) is 2.81. The molecule has 0 aromatic heterocycles. The first-order valence-electron chi connectivity index (χ1n) is 6.03. The molecule has 1 aromatic carbocycles. The molecule has 1 aliphatic heterocycles. The standard InChI is InChI=1S/C13H18N2O2/c1-2-14-8-7-13(16)15-11-9-17-12-6-4-3-5-10(11)12/h3-6,11,14H,2,7-9H2,1H3,(H,15,16). The fourth-order valence-corrected chi connectivity index (χ4v) is 1.93. The van der Waals surface area contributed by atoms with Crippen molar-refractivity contribution in [2.45, 2.75) is 19.4 Å². The zero-order valence-electron chi connectivity index (χ0n) is 10.0. The lowest BCUT2D eigenvalue weighted by Crippen LogP contribution is -2.31. The summed E-state index contributed by atoms with van der Waals surface area (Å²) in [6, 6.07) is 7.83. The van der Waals surface area contributed by atoms with Gasteiger partial charge in [-0.2, -0.15) is 0 Å². The molecule has 1 heterocycles. The SMILES string of the molecule is CCNCCC(=O)NC1COc2ccccc21. The number of hydrogen-bond acceptors (Lipinski definition) is 3. The van der Waals surface area contributed by atoms with Crippen LogP contribution < -0.4 is 15.4 Å². The smallest absolute Gasteiger partial charge is 0.221 e. The van der Waals surface area contributed by atoms with E-state index in [1.54, 1.807) is 0 Å². The molecule has 0 aliphatic carbocycles. The first-order valence-corrected chi connectivity index (χ1v) is 6.03. The molecule has 1 aromatic rings. The van der Waals surface area contributed by atoms with E-state index in [1.807, 2.05) is 31.2 Å². The normalized spacial score (nSPS) is 17.4. The van der Waals surface area contributed by atoms with Crippen LogP contribution in [0, 0.1) is 0 Å². The molecule has 92 valence electrons. The molecule has 0 saturated carbocycles. The summed E-state index contributed by atoms with van der Waals surface area (Å²) in [5.74, 6) is 0.945. The Morgan fingerprint density at radius 2 is 2.29 bits per heavy atom. The fraction of sp³-hybridized carbons (Fsp3) is 0.462. The van der Waals surface area contributed by atoms with Gasteiger partial charge in [-0.05, 0) is 12.6 Å². The van der Waals surface area contributed by atoms with E-state index in [0.717, 1.165) is 24.4 Å². The molecule has 2 N–H and O–H groups in total. The van der Waals surface area contributed by atoms with Crippen molar-refractivity contribution in [2.75, 3.05) is 19.7 Å². The van der Waals surface area contributed by atoms with Gasteiger partial charge in [-0.3, -0.25) is 4.79 Å². The van der Waals surface area contributed by atoms with Gasteiger partial charge in [-0.15, -0.1) is 0 Å². The third kappa shape index (κ3) is 2.97. The van der Waals surface area contributed by atoms with E-state index in [2.05, 4.69) is 10.6 Å². The van der Waals surface area contributed by atoms with Gasteiger partial charge in [0.1, 0.15) is 12.4 Å². The summed E-state index contributed by atoms with van der Waals surface area (Å²) in [4.78, 5) is 11.7. The summed E-state index contributed by atoms with van der Waals surface area (Å²) in [6.07, 6.45) is 0.506. The Morgan fingerprint density at radius 3 is 3.12 bits per heavy atom.